The first-order valence-corrected chi connectivity index (χ1v) is 11.4. The first-order chi connectivity index (χ1) is 16.6. The smallest absolute Gasteiger partial charge is 0.325 e. The molecule has 8 nitrogen and oxygen atoms in total. The first kappa shape index (κ1) is 23.8. The molecule has 1 amide bonds. The fourth-order valence-electron chi connectivity index (χ4n) is 3.04. The van der Waals surface area contributed by atoms with Crippen LogP contribution in [0.5, 0.6) is 0 Å². The molecule has 4 rings (SSSR count). The number of nitrogens with zero attached hydrogens (tertiary/aromatic N) is 3. The van der Waals surface area contributed by atoms with Gasteiger partial charge in [-0.1, -0.05) is 18.2 Å². The summed E-state index contributed by atoms with van der Waals surface area (Å²) in [5.74, 6) is -0.409. The molecule has 4 aromatic rings. The van der Waals surface area contributed by atoms with E-state index in [-0.39, 0.29) is 32.7 Å². The van der Waals surface area contributed by atoms with E-state index >= 15 is 0 Å². The van der Waals surface area contributed by atoms with Crippen LogP contribution < -0.4 is 10.6 Å². The molecule has 0 bridgehead atoms. The van der Waals surface area contributed by atoms with E-state index in [1.54, 1.807) is 18.2 Å². The normalized spacial score (nSPS) is 11.6. The molecule has 0 aliphatic rings. The van der Waals surface area contributed by atoms with Gasteiger partial charge in [0.05, 0.1) is 27.2 Å². The van der Waals surface area contributed by atoms with Crippen molar-refractivity contribution in [2.75, 3.05) is 10.6 Å². The minimum atomic E-state index is -4.51. The first-order valence-electron chi connectivity index (χ1n) is 9.96. The van der Waals surface area contributed by atoms with Gasteiger partial charge < -0.3 is 10.6 Å². The number of sulfone groups is 1. The van der Waals surface area contributed by atoms with Gasteiger partial charge in [0, 0.05) is 24.2 Å². The van der Waals surface area contributed by atoms with Crippen LogP contribution in [-0.2, 0) is 16.0 Å². The number of halogens is 3. The average Bonchev–Trinajstić information content (AvgIpc) is 2.85. The highest BCUT2D eigenvalue weighted by molar-refractivity contribution is 7.91. The number of carbonyl (C=O) groups is 1. The summed E-state index contributed by atoms with van der Waals surface area (Å²) < 4.78 is 64.2. The van der Waals surface area contributed by atoms with Crippen molar-refractivity contribution in [2.45, 2.75) is 16.0 Å². The lowest BCUT2D eigenvalue weighted by Gasteiger charge is -2.12. The Balaban J connectivity index is 1.55. The lowest BCUT2D eigenvalue weighted by atomic mass is 10.2. The molecule has 0 fully saturated rings. The molecule has 0 atom stereocenters. The maximum absolute atomic E-state index is 13.0. The number of hydrogen-bond donors (Lipinski definition) is 2. The highest BCUT2D eigenvalue weighted by Gasteiger charge is 2.30. The Kier molecular flexibility index (Phi) is 6.47. The molecular weight excluding hydrogens is 483 g/mol. The number of aromatic nitrogens is 3. The summed E-state index contributed by atoms with van der Waals surface area (Å²) in [7, 11) is -3.93. The molecule has 12 heteroatoms. The topological polar surface area (TPSA) is 114 Å². The second kappa shape index (κ2) is 9.50. The van der Waals surface area contributed by atoms with E-state index in [1.165, 1.54) is 48.9 Å². The van der Waals surface area contributed by atoms with Gasteiger partial charge in [-0.3, -0.25) is 9.78 Å². The molecule has 178 valence electrons. The molecule has 1 aromatic carbocycles. The maximum atomic E-state index is 13.0. The number of rotatable bonds is 6. The van der Waals surface area contributed by atoms with Crippen molar-refractivity contribution in [3.05, 3.63) is 96.6 Å². The summed E-state index contributed by atoms with van der Waals surface area (Å²) in [6, 6.07) is 13.8. The van der Waals surface area contributed by atoms with Gasteiger partial charge in [-0.2, -0.15) is 13.2 Å². The van der Waals surface area contributed by atoms with Crippen LogP contribution in [0.25, 0.3) is 0 Å². The lowest BCUT2D eigenvalue weighted by molar-refractivity contribution is -0.137. The number of benzene rings is 1. The van der Waals surface area contributed by atoms with Crippen molar-refractivity contribution in [2.24, 2.45) is 0 Å². The van der Waals surface area contributed by atoms with E-state index in [1.807, 2.05) is 0 Å². The number of nitrogens with one attached hydrogen (secondary N) is 2. The maximum Gasteiger partial charge on any atom is 0.417 e. The zero-order chi connectivity index (χ0) is 25.1. The number of alkyl halides is 3. The van der Waals surface area contributed by atoms with Gasteiger partial charge in [-0.15, -0.1) is 0 Å². The number of pyridine rings is 3. The molecular formula is C23H16F3N5O3S. The highest BCUT2D eigenvalue weighted by atomic mass is 32.2. The zero-order valence-corrected chi connectivity index (χ0v) is 18.5. The van der Waals surface area contributed by atoms with Gasteiger partial charge in [-0.05, 0) is 42.5 Å². The Bertz CT molecular complexity index is 1460. The van der Waals surface area contributed by atoms with Crippen molar-refractivity contribution < 1.29 is 26.4 Å². The zero-order valence-electron chi connectivity index (χ0n) is 17.7. The van der Waals surface area contributed by atoms with E-state index < -0.39 is 27.5 Å². The van der Waals surface area contributed by atoms with Crippen LogP contribution in [0.4, 0.5) is 30.5 Å². The Hall–Kier alpha value is -4.32. The van der Waals surface area contributed by atoms with Crippen LogP contribution in [0.2, 0.25) is 0 Å². The molecule has 0 unspecified atom stereocenters. The van der Waals surface area contributed by atoms with Gasteiger partial charge in [-0.25, -0.2) is 18.4 Å². The lowest BCUT2D eigenvalue weighted by Crippen LogP contribution is -2.15. The second-order valence-corrected chi connectivity index (χ2v) is 9.05. The third-order valence-corrected chi connectivity index (χ3v) is 6.57. The van der Waals surface area contributed by atoms with E-state index in [2.05, 4.69) is 25.6 Å². The summed E-state index contributed by atoms with van der Waals surface area (Å²) >= 11 is 0. The molecule has 2 N–H and O–H groups in total. The summed E-state index contributed by atoms with van der Waals surface area (Å²) in [4.78, 5) is 24.4. The largest absolute Gasteiger partial charge is 0.417 e. The van der Waals surface area contributed by atoms with Crippen molar-refractivity contribution in [3.63, 3.8) is 0 Å². The fourth-order valence-corrected chi connectivity index (χ4v) is 4.44. The molecule has 35 heavy (non-hydrogen) atoms. The predicted octanol–water partition coefficient (Wildman–Crippen LogP) is 4.72. The number of carbonyl (C=O) groups excluding carboxylic acids is 1. The summed E-state index contributed by atoms with van der Waals surface area (Å²) in [6.07, 6.45) is 0.000318. The Morgan fingerprint density at radius 3 is 2.31 bits per heavy atom. The molecule has 0 saturated heterocycles. The van der Waals surface area contributed by atoms with Crippen LogP contribution in [0.1, 0.15) is 15.9 Å². The van der Waals surface area contributed by atoms with E-state index in [0.717, 1.165) is 12.1 Å². The predicted molar refractivity (Wildman–Crippen MR) is 121 cm³/mol. The summed E-state index contributed by atoms with van der Waals surface area (Å²) in [5, 5.41) is 5.26. The summed E-state index contributed by atoms with van der Waals surface area (Å²) in [5.41, 5.74) is -0.805. The highest BCUT2D eigenvalue weighted by Crippen LogP contribution is 2.29. The summed E-state index contributed by atoms with van der Waals surface area (Å²) in [6.45, 7) is 0. The second-order valence-electron chi connectivity index (χ2n) is 7.13. The Morgan fingerprint density at radius 2 is 1.63 bits per heavy atom. The fraction of sp³-hybridized carbons (Fsp3) is 0.0435. The van der Waals surface area contributed by atoms with Gasteiger partial charge >= 0.3 is 6.18 Å². The van der Waals surface area contributed by atoms with Crippen LogP contribution >= 0.6 is 0 Å². The van der Waals surface area contributed by atoms with Crippen LogP contribution in [-0.4, -0.2) is 29.3 Å². The minimum Gasteiger partial charge on any atom is -0.325 e. The number of anilines is 3. The molecule has 3 heterocycles. The van der Waals surface area contributed by atoms with Gasteiger partial charge in [0.25, 0.3) is 5.91 Å². The third-order valence-electron chi connectivity index (χ3n) is 4.74. The third kappa shape index (κ3) is 5.44. The van der Waals surface area contributed by atoms with Crippen LogP contribution in [0.3, 0.4) is 0 Å². The standard InChI is InChI=1S/C23H16F3N5O3S/c24-23(25,26)16-6-7-20(29-13-16)31-21-12-15(8-11-28-21)22(32)30-18-14-27-10-9-19(18)35(33,34)17-4-2-1-3-5-17/h1-14H,(H,30,32)(H,28,29,31). The van der Waals surface area contributed by atoms with Gasteiger partial charge in [0.1, 0.15) is 11.6 Å². The van der Waals surface area contributed by atoms with Gasteiger partial charge in [0.15, 0.2) is 0 Å². The molecule has 0 radical (unpaired) electrons. The van der Waals surface area contributed by atoms with Crippen molar-refractivity contribution in [1.29, 1.82) is 0 Å². The SMILES string of the molecule is O=C(Nc1cnccc1S(=O)(=O)c1ccccc1)c1ccnc(Nc2ccc(C(F)(F)F)cn2)c1. The molecule has 0 aliphatic carbocycles. The molecule has 0 spiro atoms. The Labute approximate surface area is 197 Å². The van der Waals surface area contributed by atoms with E-state index in [9.17, 15) is 26.4 Å². The monoisotopic (exact) mass is 499 g/mol. The Morgan fingerprint density at radius 1 is 0.857 bits per heavy atom. The quantitative estimate of drug-likeness (QED) is 0.395. The molecule has 0 saturated carbocycles. The van der Waals surface area contributed by atoms with Crippen molar-refractivity contribution in [3.8, 4) is 0 Å². The average molecular weight is 499 g/mol. The van der Waals surface area contributed by atoms with E-state index in [0.29, 0.717) is 6.20 Å². The van der Waals surface area contributed by atoms with Gasteiger partial charge in [0.2, 0.25) is 9.84 Å². The van der Waals surface area contributed by atoms with Crippen molar-refractivity contribution >= 4 is 33.1 Å². The number of amides is 1. The minimum absolute atomic E-state index is 0.0166. The van der Waals surface area contributed by atoms with Crippen LogP contribution in [0, 0.1) is 0 Å². The van der Waals surface area contributed by atoms with E-state index in [4.69, 9.17) is 0 Å². The molecule has 0 aliphatic heterocycles. The van der Waals surface area contributed by atoms with Crippen molar-refractivity contribution in [1.82, 2.24) is 15.0 Å². The van der Waals surface area contributed by atoms with Crippen LogP contribution in [0.15, 0.2) is 95.2 Å². The molecule has 3 aromatic heterocycles. The number of hydrogen-bond acceptors (Lipinski definition) is 7.